The number of nitrogens with one attached hydrogen (secondary N) is 1. The third-order valence-corrected chi connectivity index (χ3v) is 7.46. The SMILES string of the molecule is CCCCOC(=O)c1ccc(NC(=O)Cn2nc(C)c(S(=O)(=O)N3CCOCC3)c2C)cc1. The van der Waals surface area contributed by atoms with Gasteiger partial charge in [0, 0.05) is 18.8 Å². The molecule has 1 aromatic carbocycles. The summed E-state index contributed by atoms with van der Waals surface area (Å²) >= 11 is 0. The van der Waals surface area contributed by atoms with Gasteiger partial charge in [-0.05, 0) is 44.5 Å². The zero-order valence-electron chi connectivity index (χ0n) is 19.2. The Morgan fingerprint density at radius 3 is 2.45 bits per heavy atom. The molecule has 0 radical (unpaired) electrons. The van der Waals surface area contributed by atoms with Crippen LogP contribution in [0, 0.1) is 13.8 Å². The number of hydrogen-bond acceptors (Lipinski definition) is 7. The number of amides is 1. The molecule has 1 N–H and O–H groups in total. The topological polar surface area (TPSA) is 120 Å². The molecule has 1 saturated heterocycles. The van der Waals surface area contributed by atoms with E-state index in [-0.39, 0.29) is 30.4 Å². The number of benzene rings is 1. The Bertz CT molecular complexity index is 1090. The van der Waals surface area contributed by atoms with Crippen molar-refractivity contribution in [2.75, 3.05) is 38.2 Å². The standard InChI is InChI=1S/C22H30N4O6S/c1-4-5-12-32-22(28)18-6-8-19(9-7-18)23-20(27)15-26-17(3)21(16(2)24-26)33(29,30)25-10-13-31-14-11-25/h6-9H,4-5,10-15H2,1-3H3,(H,23,27). The van der Waals surface area contributed by atoms with Crippen LogP contribution in [0.5, 0.6) is 0 Å². The van der Waals surface area contributed by atoms with Gasteiger partial charge in [0.25, 0.3) is 0 Å². The van der Waals surface area contributed by atoms with E-state index in [1.165, 1.54) is 8.99 Å². The van der Waals surface area contributed by atoms with E-state index in [2.05, 4.69) is 10.4 Å². The number of anilines is 1. The number of unbranched alkanes of at least 4 members (excludes halogenated alkanes) is 1. The smallest absolute Gasteiger partial charge is 0.338 e. The third kappa shape index (κ3) is 5.98. The van der Waals surface area contributed by atoms with Crippen molar-refractivity contribution in [3.63, 3.8) is 0 Å². The number of aromatic nitrogens is 2. The molecule has 2 heterocycles. The number of aryl methyl sites for hydroxylation is 1. The minimum Gasteiger partial charge on any atom is -0.462 e. The molecule has 0 spiro atoms. The summed E-state index contributed by atoms with van der Waals surface area (Å²) in [6, 6.07) is 6.40. The molecule has 1 aliphatic heterocycles. The number of carbonyl (C=O) groups is 2. The highest BCUT2D eigenvalue weighted by molar-refractivity contribution is 7.89. The Kier molecular flexibility index (Phi) is 8.22. The zero-order chi connectivity index (χ0) is 24.0. The van der Waals surface area contributed by atoms with Crippen LogP contribution in [0.4, 0.5) is 5.69 Å². The minimum atomic E-state index is -3.72. The van der Waals surface area contributed by atoms with Crippen molar-refractivity contribution in [3.8, 4) is 0 Å². The Morgan fingerprint density at radius 1 is 1.15 bits per heavy atom. The van der Waals surface area contributed by atoms with Gasteiger partial charge in [0.1, 0.15) is 11.4 Å². The molecule has 180 valence electrons. The summed E-state index contributed by atoms with van der Waals surface area (Å²) in [5.74, 6) is -0.771. The van der Waals surface area contributed by atoms with Gasteiger partial charge in [0.2, 0.25) is 15.9 Å². The molecule has 33 heavy (non-hydrogen) atoms. The summed E-state index contributed by atoms with van der Waals surface area (Å²) in [6.07, 6.45) is 1.75. The molecule has 1 aliphatic rings. The highest BCUT2D eigenvalue weighted by Crippen LogP contribution is 2.24. The third-order valence-electron chi connectivity index (χ3n) is 5.31. The monoisotopic (exact) mass is 478 g/mol. The zero-order valence-corrected chi connectivity index (χ0v) is 20.0. The largest absolute Gasteiger partial charge is 0.462 e. The van der Waals surface area contributed by atoms with E-state index >= 15 is 0 Å². The van der Waals surface area contributed by atoms with Gasteiger partial charge in [-0.25, -0.2) is 13.2 Å². The number of rotatable bonds is 9. The van der Waals surface area contributed by atoms with Crippen LogP contribution in [0.3, 0.4) is 0 Å². The number of hydrogen-bond donors (Lipinski definition) is 1. The van der Waals surface area contributed by atoms with E-state index in [0.29, 0.717) is 42.5 Å². The van der Waals surface area contributed by atoms with Gasteiger partial charge in [0.05, 0.1) is 36.8 Å². The Balaban J connectivity index is 1.65. The number of sulfonamides is 1. The molecule has 2 aromatic rings. The van der Waals surface area contributed by atoms with Gasteiger partial charge in [0.15, 0.2) is 0 Å². The van der Waals surface area contributed by atoms with Crippen LogP contribution in [0.15, 0.2) is 29.2 Å². The molecular weight excluding hydrogens is 448 g/mol. The van der Waals surface area contributed by atoms with Crippen LogP contribution >= 0.6 is 0 Å². The summed E-state index contributed by atoms with van der Waals surface area (Å²) in [5, 5.41) is 7.02. The van der Waals surface area contributed by atoms with Crippen LogP contribution in [-0.4, -0.2) is 67.3 Å². The first kappa shape index (κ1) is 24.9. The highest BCUT2D eigenvalue weighted by Gasteiger charge is 2.32. The number of esters is 1. The van der Waals surface area contributed by atoms with Crippen molar-refractivity contribution in [1.29, 1.82) is 0 Å². The van der Waals surface area contributed by atoms with Crippen LogP contribution in [0.1, 0.15) is 41.5 Å². The average Bonchev–Trinajstić information content (AvgIpc) is 3.08. The fourth-order valence-corrected chi connectivity index (χ4v) is 5.32. The van der Waals surface area contributed by atoms with Gasteiger partial charge >= 0.3 is 5.97 Å². The molecule has 1 fully saturated rings. The van der Waals surface area contributed by atoms with E-state index in [1.54, 1.807) is 38.1 Å². The van der Waals surface area contributed by atoms with Gasteiger partial charge < -0.3 is 14.8 Å². The van der Waals surface area contributed by atoms with E-state index in [0.717, 1.165) is 12.8 Å². The van der Waals surface area contributed by atoms with E-state index in [4.69, 9.17) is 9.47 Å². The van der Waals surface area contributed by atoms with Gasteiger partial charge in [-0.1, -0.05) is 13.3 Å². The van der Waals surface area contributed by atoms with Crippen molar-refractivity contribution in [3.05, 3.63) is 41.2 Å². The van der Waals surface area contributed by atoms with Crippen LogP contribution < -0.4 is 5.32 Å². The van der Waals surface area contributed by atoms with Gasteiger partial charge in [-0.3, -0.25) is 9.48 Å². The number of carbonyl (C=O) groups excluding carboxylic acids is 2. The fourth-order valence-electron chi connectivity index (χ4n) is 3.54. The molecular formula is C22H30N4O6S. The maximum atomic E-state index is 13.1. The molecule has 1 amide bonds. The number of ether oxygens (including phenoxy) is 2. The summed E-state index contributed by atoms with van der Waals surface area (Å²) < 4.78 is 39.3. The van der Waals surface area contributed by atoms with Gasteiger partial charge in [-0.15, -0.1) is 0 Å². The second-order valence-corrected chi connectivity index (χ2v) is 9.66. The lowest BCUT2D eigenvalue weighted by Gasteiger charge is -2.26. The quantitative estimate of drug-likeness (QED) is 0.433. The second-order valence-electron chi connectivity index (χ2n) is 7.79. The number of morpholine rings is 1. The lowest BCUT2D eigenvalue weighted by molar-refractivity contribution is -0.116. The predicted octanol–water partition coefficient (Wildman–Crippen LogP) is 2.12. The van der Waals surface area contributed by atoms with E-state index in [9.17, 15) is 18.0 Å². The Morgan fingerprint density at radius 2 is 1.82 bits per heavy atom. The maximum Gasteiger partial charge on any atom is 0.338 e. The lowest BCUT2D eigenvalue weighted by atomic mass is 10.2. The summed E-state index contributed by atoms with van der Waals surface area (Å²) in [6.45, 7) is 6.77. The van der Waals surface area contributed by atoms with Gasteiger partial charge in [-0.2, -0.15) is 9.40 Å². The van der Waals surface area contributed by atoms with E-state index < -0.39 is 16.0 Å². The van der Waals surface area contributed by atoms with Crippen molar-refractivity contribution in [2.24, 2.45) is 0 Å². The molecule has 0 aliphatic carbocycles. The molecule has 11 heteroatoms. The summed E-state index contributed by atoms with van der Waals surface area (Å²) in [7, 11) is -3.72. The van der Waals surface area contributed by atoms with Crippen molar-refractivity contribution in [2.45, 2.75) is 45.1 Å². The molecule has 0 atom stereocenters. The first-order chi connectivity index (χ1) is 15.7. The predicted molar refractivity (Wildman–Crippen MR) is 122 cm³/mol. The van der Waals surface area contributed by atoms with Crippen LogP contribution in [-0.2, 0) is 30.8 Å². The molecule has 10 nitrogen and oxygen atoms in total. The molecule has 0 unspecified atom stereocenters. The molecule has 3 rings (SSSR count). The summed E-state index contributed by atoms with van der Waals surface area (Å²) in [5.41, 5.74) is 1.66. The van der Waals surface area contributed by atoms with Crippen LogP contribution in [0.2, 0.25) is 0 Å². The van der Waals surface area contributed by atoms with E-state index in [1.807, 2.05) is 6.92 Å². The molecule has 0 bridgehead atoms. The van der Waals surface area contributed by atoms with Crippen LogP contribution in [0.25, 0.3) is 0 Å². The second kappa shape index (κ2) is 10.9. The minimum absolute atomic E-state index is 0.128. The van der Waals surface area contributed by atoms with Crippen molar-refractivity contribution < 1.29 is 27.5 Å². The average molecular weight is 479 g/mol. The number of nitrogens with zero attached hydrogens (tertiary/aromatic N) is 3. The molecule has 1 aromatic heterocycles. The first-order valence-corrected chi connectivity index (χ1v) is 12.4. The summed E-state index contributed by atoms with van der Waals surface area (Å²) in [4.78, 5) is 24.7. The normalized spacial score (nSPS) is 14.8. The lowest BCUT2D eigenvalue weighted by Crippen LogP contribution is -2.41. The Labute approximate surface area is 193 Å². The highest BCUT2D eigenvalue weighted by atomic mass is 32.2. The first-order valence-electron chi connectivity index (χ1n) is 10.9. The van der Waals surface area contributed by atoms with Crippen molar-refractivity contribution in [1.82, 2.24) is 14.1 Å². The van der Waals surface area contributed by atoms with Crippen molar-refractivity contribution >= 4 is 27.6 Å². The maximum absolute atomic E-state index is 13.1. The fraction of sp³-hybridized carbons (Fsp3) is 0.500. The Hall–Kier alpha value is -2.76. The molecule has 0 saturated carbocycles.